The van der Waals surface area contributed by atoms with E-state index in [0.717, 1.165) is 20.4 Å². The van der Waals surface area contributed by atoms with Crippen LogP contribution in [0.5, 0.6) is 0 Å². The number of hydrazine groups is 1. The van der Waals surface area contributed by atoms with Gasteiger partial charge in [-0.15, -0.1) is 0 Å². The lowest BCUT2D eigenvalue weighted by molar-refractivity contribution is -0.142. The highest BCUT2D eigenvalue weighted by Crippen LogP contribution is 2.37. The first kappa shape index (κ1) is 15.4. The summed E-state index contributed by atoms with van der Waals surface area (Å²) in [5.74, 6) is -1.17. The van der Waals surface area contributed by atoms with Crippen molar-refractivity contribution < 1.29 is 14.4 Å². The molecule has 0 saturated heterocycles. The number of amides is 3. The number of nitrogens with one attached hydrogen (secondary N) is 3. The molecule has 2 aromatic heterocycles. The summed E-state index contributed by atoms with van der Waals surface area (Å²) < 4.78 is 0.850. The largest absolute Gasteiger partial charge is 0.361 e. The molecule has 0 fully saturated rings. The topological polar surface area (TPSA) is 98.1 Å². The van der Waals surface area contributed by atoms with Gasteiger partial charge in [0, 0.05) is 33.3 Å². The van der Waals surface area contributed by atoms with Gasteiger partial charge in [0.05, 0.1) is 16.8 Å². The number of hydrogen-bond donors (Lipinski definition) is 3. The van der Waals surface area contributed by atoms with Crippen LogP contribution in [0.4, 0.5) is 0 Å². The minimum Gasteiger partial charge on any atom is -0.361 e. The van der Waals surface area contributed by atoms with Crippen molar-refractivity contribution >= 4 is 56.2 Å². The van der Waals surface area contributed by atoms with Crippen molar-refractivity contribution in [1.82, 2.24) is 20.4 Å². The van der Waals surface area contributed by atoms with Crippen LogP contribution in [0.25, 0.3) is 22.0 Å². The standard InChI is InChI=1S/C17H11BrN4O3/c18-9-3-4-12-10(6-9)11(7-20-12)14-15(13-2-1-5-19-13)17(25)22(16(14)24)21-8-23/h1-8,19-20H,(H,21,23). The van der Waals surface area contributed by atoms with E-state index in [1.165, 1.54) is 0 Å². The van der Waals surface area contributed by atoms with E-state index in [0.29, 0.717) is 17.7 Å². The summed E-state index contributed by atoms with van der Waals surface area (Å²) in [5, 5.41) is 1.51. The number of aromatic nitrogens is 2. The summed E-state index contributed by atoms with van der Waals surface area (Å²) in [5.41, 5.74) is 4.54. The smallest absolute Gasteiger partial charge is 0.282 e. The molecule has 3 amide bonds. The van der Waals surface area contributed by atoms with E-state index in [2.05, 4.69) is 31.3 Å². The molecule has 1 aliphatic heterocycles. The number of imide groups is 1. The lowest BCUT2D eigenvalue weighted by atomic mass is 9.99. The van der Waals surface area contributed by atoms with E-state index in [1.807, 2.05) is 18.2 Å². The summed E-state index contributed by atoms with van der Waals surface area (Å²) in [7, 11) is 0. The Kier molecular flexibility index (Phi) is 3.54. The summed E-state index contributed by atoms with van der Waals surface area (Å²) >= 11 is 3.42. The molecule has 7 nitrogen and oxygen atoms in total. The molecule has 25 heavy (non-hydrogen) atoms. The number of aromatic amines is 2. The zero-order valence-electron chi connectivity index (χ0n) is 12.7. The Morgan fingerprint density at radius 1 is 1.08 bits per heavy atom. The van der Waals surface area contributed by atoms with Gasteiger partial charge in [-0.1, -0.05) is 15.9 Å². The van der Waals surface area contributed by atoms with Crippen LogP contribution < -0.4 is 5.43 Å². The van der Waals surface area contributed by atoms with Crippen molar-refractivity contribution in [3.05, 3.63) is 58.5 Å². The quantitative estimate of drug-likeness (QED) is 0.464. The van der Waals surface area contributed by atoms with Gasteiger partial charge in [0.2, 0.25) is 6.41 Å². The Balaban J connectivity index is 2.00. The average Bonchev–Trinajstić information content (AvgIpc) is 3.29. The number of carbonyl (C=O) groups is 3. The van der Waals surface area contributed by atoms with Crippen LogP contribution in [-0.4, -0.2) is 33.2 Å². The minimum atomic E-state index is -0.584. The zero-order chi connectivity index (χ0) is 17.6. The predicted molar refractivity (Wildman–Crippen MR) is 94.7 cm³/mol. The fraction of sp³-hybridized carbons (Fsp3) is 0. The predicted octanol–water partition coefficient (Wildman–Crippen LogP) is 2.20. The number of carbonyl (C=O) groups excluding carboxylic acids is 3. The fourth-order valence-electron chi connectivity index (χ4n) is 2.98. The third-order valence-corrected chi connectivity index (χ3v) is 4.54. The first-order valence-electron chi connectivity index (χ1n) is 7.35. The van der Waals surface area contributed by atoms with Crippen LogP contribution >= 0.6 is 15.9 Å². The van der Waals surface area contributed by atoms with Crippen LogP contribution in [-0.2, 0) is 14.4 Å². The van der Waals surface area contributed by atoms with Crippen LogP contribution in [0.3, 0.4) is 0 Å². The Bertz CT molecular complexity index is 1050. The maximum atomic E-state index is 12.8. The molecule has 3 heterocycles. The average molecular weight is 399 g/mol. The lowest BCUT2D eigenvalue weighted by Crippen LogP contribution is -2.42. The van der Waals surface area contributed by atoms with Crippen LogP contribution in [0.1, 0.15) is 11.3 Å². The molecule has 0 unspecified atom stereocenters. The lowest BCUT2D eigenvalue weighted by Gasteiger charge is -2.11. The Morgan fingerprint density at radius 3 is 2.60 bits per heavy atom. The Morgan fingerprint density at radius 2 is 1.88 bits per heavy atom. The first-order chi connectivity index (χ1) is 12.1. The summed E-state index contributed by atoms with van der Waals surface area (Å²) in [6.45, 7) is 0. The molecule has 0 radical (unpaired) electrons. The second-order valence-electron chi connectivity index (χ2n) is 5.42. The molecule has 8 heteroatoms. The van der Waals surface area contributed by atoms with Crippen LogP contribution in [0.15, 0.2) is 47.2 Å². The van der Waals surface area contributed by atoms with E-state index < -0.39 is 11.8 Å². The number of benzene rings is 1. The Hall–Kier alpha value is -3.13. The van der Waals surface area contributed by atoms with Crippen molar-refractivity contribution in [1.29, 1.82) is 0 Å². The van der Waals surface area contributed by atoms with E-state index in [4.69, 9.17) is 0 Å². The monoisotopic (exact) mass is 398 g/mol. The molecule has 0 bridgehead atoms. The molecular formula is C17H11BrN4O3. The molecule has 0 saturated carbocycles. The molecule has 3 N–H and O–H groups in total. The third kappa shape index (κ3) is 2.30. The van der Waals surface area contributed by atoms with Gasteiger partial charge < -0.3 is 9.97 Å². The van der Waals surface area contributed by atoms with Gasteiger partial charge in [0.25, 0.3) is 11.8 Å². The van der Waals surface area contributed by atoms with Gasteiger partial charge in [-0.3, -0.25) is 19.8 Å². The van der Waals surface area contributed by atoms with E-state index >= 15 is 0 Å². The third-order valence-electron chi connectivity index (χ3n) is 4.05. The molecule has 4 rings (SSSR count). The van der Waals surface area contributed by atoms with E-state index in [1.54, 1.807) is 24.5 Å². The van der Waals surface area contributed by atoms with Crippen molar-refractivity contribution in [2.75, 3.05) is 0 Å². The first-order valence-corrected chi connectivity index (χ1v) is 8.14. The van der Waals surface area contributed by atoms with Gasteiger partial charge >= 0.3 is 0 Å². The molecule has 0 aliphatic carbocycles. The van der Waals surface area contributed by atoms with Crippen molar-refractivity contribution in [2.45, 2.75) is 0 Å². The number of hydrogen-bond acceptors (Lipinski definition) is 3. The highest BCUT2D eigenvalue weighted by molar-refractivity contribution is 9.10. The molecule has 3 aromatic rings. The SMILES string of the molecule is O=CNN1C(=O)C(c2ccc[nH]2)=C(c2c[nH]c3ccc(Br)cc23)C1=O. The van der Waals surface area contributed by atoms with Crippen LogP contribution in [0, 0.1) is 0 Å². The van der Waals surface area contributed by atoms with Gasteiger partial charge in [-0.25, -0.2) is 0 Å². The van der Waals surface area contributed by atoms with Crippen LogP contribution in [0.2, 0.25) is 0 Å². The second kappa shape index (κ2) is 5.75. The Labute approximate surface area is 149 Å². The number of halogens is 1. The van der Waals surface area contributed by atoms with E-state index in [-0.39, 0.29) is 11.1 Å². The maximum absolute atomic E-state index is 12.8. The minimum absolute atomic E-state index is 0.213. The molecule has 1 aromatic carbocycles. The molecular weight excluding hydrogens is 388 g/mol. The number of nitrogens with zero attached hydrogens (tertiary/aromatic N) is 1. The molecule has 0 spiro atoms. The van der Waals surface area contributed by atoms with Crippen molar-refractivity contribution in [3.63, 3.8) is 0 Å². The summed E-state index contributed by atoms with van der Waals surface area (Å²) in [6.07, 6.45) is 3.65. The summed E-state index contributed by atoms with van der Waals surface area (Å²) in [6, 6.07) is 9.06. The van der Waals surface area contributed by atoms with Gasteiger partial charge in [0.1, 0.15) is 0 Å². The second-order valence-corrected chi connectivity index (χ2v) is 6.33. The maximum Gasteiger partial charge on any atom is 0.282 e. The number of H-pyrrole nitrogens is 2. The number of fused-ring (bicyclic) bond motifs is 1. The van der Waals surface area contributed by atoms with Crippen molar-refractivity contribution in [2.24, 2.45) is 0 Å². The zero-order valence-corrected chi connectivity index (χ0v) is 14.3. The molecule has 0 atom stereocenters. The normalized spacial score (nSPS) is 14.7. The highest BCUT2D eigenvalue weighted by atomic mass is 79.9. The number of rotatable bonds is 4. The van der Waals surface area contributed by atoms with Gasteiger partial charge in [0.15, 0.2) is 0 Å². The highest BCUT2D eigenvalue weighted by Gasteiger charge is 2.41. The van der Waals surface area contributed by atoms with Gasteiger partial charge in [-0.05, 0) is 30.3 Å². The fourth-order valence-corrected chi connectivity index (χ4v) is 3.35. The van der Waals surface area contributed by atoms with Crippen molar-refractivity contribution in [3.8, 4) is 0 Å². The van der Waals surface area contributed by atoms with Gasteiger partial charge in [-0.2, -0.15) is 5.01 Å². The molecule has 124 valence electrons. The molecule has 1 aliphatic rings. The summed E-state index contributed by atoms with van der Waals surface area (Å²) in [4.78, 5) is 42.4. The van der Waals surface area contributed by atoms with E-state index in [9.17, 15) is 14.4 Å².